The Hall–Kier alpha value is -2.79. The number of aryl methyl sites for hydroxylation is 1. The minimum Gasteiger partial charge on any atom is -0.490 e. The van der Waals surface area contributed by atoms with Gasteiger partial charge in [-0.3, -0.25) is 0 Å². The summed E-state index contributed by atoms with van der Waals surface area (Å²) in [7, 11) is 0. The minimum absolute atomic E-state index is 0.539. The van der Waals surface area contributed by atoms with Crippen LogP contribution in [0.1, 0.15) is 24.0 Å². The first-order valence-corrected chi connectivity index (χ1v) is 8.35. The highest BCUT2D eigenvalue weighted by atomic mass is 16.5. The van der Waals surface area contributed by atoms with Crippen LogP contribution < -0.4 is 14.8 Å². The van der Waals surface area contributed by atoms with Gasteiger partial charge in [0.1, 0.15) is 11.5 Å². The number of benzene rings is 1. The van der Waals surface area contributed by atoms with Crippen LogP contribution in [-0.4, -0.2) is 11.6 Å². The predicted molar refractivity (Wildman–Crippen MR) is 95.9 cm³/mol. The lowest BCUT2D eigenvalue weighted by Gasteiger charge is -2.11. The van der Waals surface area contributed by atoms with E-state index in [1.165, 1.54) is 0 Å². The van der Waals surface area contributed by atoms with Crippen LogP contribution in [0.2, 0.25) is 0 Å². The Bertz CT molecular complexity index is 797. The summed E-state index contributed by atoms with van der Waals surface area (Å²) in [6.45, 7) is 5.88. The second-order valence-corrected chi connectivity index (χ2v) is 5.60. The van der Waals surface area contributed by atoms with E-state index < -0.39 is 0 Å². The van der Waals surface area contributed by atoms with E-state index in [2.05, 4.69) is 10.3 Å². The maximum atomic E-state index is 5.82. The van der Waals surface area contributed by atoms with E-state index in [4.69, 9.17) is 13.9 Å². The first kappa shape index (κ1) is 17.0. The van der Waals surface area contributed by atoms with Gasteiger partial charge in [0, 0.05) is 18.8 Å². The predicted octanol–water partition coefficient (Wildman–Crippen LogP) is 4.46. The van der Waals surface area contributed by atoms with Crippen molar-refractivity contribution in [1.82, 2.24) is 10.3 Å². The number of pyridine rings is 1. The third-order valence-electron chi connectivity index (χ3n) is 3.59. The molecule has 0 unspecified atom stereocenters. The highest BCUT2D eigenvalue weighted by Gasteiger charge is 2.06. The second kappa shape index (κ2) is 8.35. The van der Waals surface area contributed by atoms with Crippen molar-refractivity contribution in [3.63, 3.8) is 0 Å². The van der Waals surface area contributed by atoms with Gasteiger partial charge in [-0.1, -0.05) is 18.2 Å². The molecule has 25 heavy (non-hydrogen) atoms. The van der Waals surface area contributed by atoms with E-state index >= 15 is 0 Å². The van der Waals surface area contributed by atoms with Crippen molar-refractivity contribution in [2.24, 2.45) is 0 Å². The van der Waals surface area contributed by atoms with E-state index in [0.29, 0.717) is 37.1 Å². The van der Waals surface area contributed by atoms with Crippen molar-refractivity contribution in [1.29, 1.82) is 0 Å². The third kappa shape index (κ3) is 4.84. The first-order valence-electron chi connectivity index (χ1n) is 8.35. The van der Waals surface area contributed by atoms with Crippen LogP contribution in [0.5, 0.6) is 17.4 Å². The zero-order valence-electron chi connectivity index (χ0n) is 14.5. The highest BCUT2D eigenvalue weighted by Crippen LogP contribution is 2.30. The third-order valence-corrected chi connectivity index (χ3v) is 3.59. The van der Waals surface area contributed by atoms with E-state index in [1.54, 1.807) is 6.20 Å². The summed E-state index contributed by atoms with van der Waals surface area (Å²) in [6, 6.07) is 15.4. The molecule has 1 N–H and O–H groups in total. The quantitative estimate of drug-likeness (QED) is 0.657. The van der Waals surface area contributed by atoms with Gasteiger partial charge < -0.3 is 19.2 Å². The molecular formula is C20H22N2O3. The molecule has 0 saturated carbocycles. The van der Waals surface area contributed by atoms with Crippen LogP contribution in [0.4, 0.5) is 0 Å². The number of furan rings is 1. The van der Waals surface area contributed by atoms with Crippen molar-refractivity contribution in [3.05, 3.63) is 71.8 Å². The Labute approximate surface area is 147 Å². The lowest BCUT2D eigenvalue weighted by molar-refractivity contribution is 0.319. The molecule has 0 aliphatic heterocycles. The van der Waals surface area contributed by atoms with Gasteiger partial charge >= 0.3 is 0 Å². The number of hydrogen-bond donors (Lipinski definition) is 1. The van der Waals surface area contributed by atoms with Gasteiger partial charge in [0.2, 0.25) is 5.88 Å². The fourth-order valence-corrected chi connectivity index (χ4v) is 2.41. The van der Waals surface area contributed by atoms with E-state index in [1.807, 2.05) is 62.4 Å². The molecule has 0 radical (unpaired) electrons. The lowest BCUT2D eigenvalue weighted by atomic mass is 10.3. The molecule has 0 aliphatic rings. The summed E-state index contributed by atoms with van der Waals surface area (Å²) in [4.78, 5) is 4.36. The summed E-state index contributed by atoms with van der Waals surface area (Å²) < 4.78 is 16.9. The number of ether oxygens (including phenoxy) is 2. The number of hydrogen-bond acceptors (Lipinski definition) is 5. The smallest absolute Gasteiger partial charge is 0.219 e. The molecule has 0 aliphatic carbocycles. The van der Waals surface area contributed by atoms with Crippen molar-refractivity contribution >= 4 is 0 Å². The van der Waals surface area contributed by atoms with Crippen molar-refractivity contribution in [3.8, 4) is 17.4 Å². The number of rotatable bonds is 8. The second-order valence-electron chi connectivity index (χ2n) is 5.60. The number of aromatic nitrogens is 1. The summed E-state index contributed by atoms with van der Waals surface area (Å²) in [5, 5.41) is 3.33. The van der Waals surface area contributed by atoms with Crippen LogP contribution in [0, 0.1) is 6.92 Å². The Morgan fingerprint density at radius 3 is 2.52 bits per heavy atom. The molecule has 0 bridgehead atoms. The average Bonchev–Trinajstić information content (AvgIpc) is 3.04. The van der Waals surface area contributed by atoms with Gasteiger partial charge in [0.25, 0.3) is 0 Å². The van der Waals surface area contributed by atoms with Crippen molar-refractivity contribution in [2.75, 3.05) is 6.61 Å². The SMILES string of the molecule is CCOc1ccccc1Oc1ccc(CNCc2ccc(C)o2)cn1. The summed E-state index contributed by atoms with van der Waals surface area (Å²) in [6.07, 6.45) is 1.80. The number of nitrogens with one attached hydrogen (secondary N) is 1. The van der Waals surface area contributed by atoms with Gasteiger partial charge in [-0.05, 0) is 43.7 Å². The highest BCUT2D eigenvalue weighted by molar-refractivity contribution is 5.41. The monoisotopic (exact) mass is 338 g/mol. The molecule has 3 rings (SSSR count). The molecule has 1 aromatic carbocycles. The molecule has 0 amide bonds. The largest absolute Gasteiger partial charge is 0.490 e. The molecule has 0 atom stereocenters. The van der Waals surface area contributed by atoms with Crippen LogP contribution >= 0.6 is 0 Å². The van der Waals surface area contributed by atoms with Crippen LogP contribution in [0.3, 0.4) is 0 Å². The van der Waals surface area contributed by atoms with Crippen molar-refractivity contribution in [2.45, 2.75) is 26.9 Å². The van der Waals surface area contributed by atoms with Crippen molar-refractivity contribution < 1.29 is 13.9 Å². The average molecular weight is 338 g/mol. The van der Waals surface area contributed by atoms with Crippen LogP contribution in [0.25, 0.3) is 0 Å². The zero-order valence-corrected chi connectivity index (χ0v) is 14.5. The zero-order chi connectivity index (χ0) is 17.5. The number of nitrogens with zero attached hydrogens (tertiary/aromatic N) is 1. The Morgan fingerprint density at radius 1 is 1.00 bits per heavy atom. The molecule has 3 aromatic rings. The van der Waals surface area contributed by atoms with Gasteiger partial charge in [0.05, 0.1) is 13.2 Å². The fraction of sp³-hybridized carbons (Fsp3) is 0.250. The van der Waals surface area contributed by atoms with Crippen LogP contribution in [-0.2, 0) is 13.1 Å². The maximum Gasteiger partial charge on any atom is 0.219 e. The Morgan fingerprint density at radius 2 is 1.84 bits per heavy atom. The molecule has 0 saturated heterocycles. The molecule has 0 spiro atoms. The fourth-order valence-electron chi connectivity index (χ4n) is 2.41. The van der Waals surface area contributed by atoms with E-state index in [0.717, 1.165) is 17.1 Å². The molecule has 2 aromatic heterocycles. The Kier molecular flexibility index (Phi) is 5.69. The molecule has 5 heteroatoms. The van der Waals surface area contributed by atoms with E-state index in [9.17, 15) is 0 Å². The van der Waals surface area contributed by atoms with Gasteiger partial charge in [-0.2, -0.15) is 0 Å². The summed E-state index contributed by atoms with van der Waals surface area (Å²) in [5.74, 6) is 3.77. The maximum absolute atomic E-state index is 5.82. The minimum atomic E-state index is 0.539. The van der Waals surface area contributed by atoms with Gasteiger partial charge in [0.15, 0.2) is 11.5 Å². The topological polar surface area (TPSA) is 56.5 Å². The first-order chi connectivity index (χ1) is 12.2. The number of para-hydroxylation sites is 2. The van der Waals surface area contributed by atoms with E-state index in [-0.39, 0.29) is 0 Å². The molecule has 0 fully saturated rings. The molecule has 2 heterocycles. The Balaban J connectivity index is 1.55. The lowest BCUT2D eigenvalue weighted by Crippen LogP contribution is -2.12. The standard InChI is InChI=1S/C20H22N2O3/c1-3-23-18-6-4-5-7-19(18)25-20-11-9-16(13-22-20)12-21-14-17-10-8-15(2)24-17/h4-11,13,21H,3,12,14H2,1-2H3. The van der Waals surface area contributed by atoms with Gasteiger partial charge in [-0.15, -0.1) is 0 Å². The molecule has 130 valence electrons. The van der Waals surface area contributed by atoms with Crippen LogP contribution in [0.15, 0.2) is 59.1 Å². The molecular weight excluding hydrogens is 316 g/mol. The summed E-state index contributed by atoms with van der Waals surface area (Å²) in [5.41, 5.74) is 1.08. The van der Waals surface area contributed by atoms with Gasteiger partial charge in [-0.25, -0.2) is 4.98 Å². The summed E-state index contributed by atoms with van der Waals surface area (Å²) >= 11 is 0. The normalized spacial score (nSPS) is 10.6. The molecule has 5 nitrogen and oxygen atoms in total.